The van der Waals surface area contributed by atoms with Crippen LogP contribution in [0.2, 0.25) is 5.02 Å². The number of rotatable bonds is 7. The highest BCUT2D eigenvalue weighted by molar-refractivity contribution is 7.89. The quantitative estimate of drug-likeness (QED) is 0.692. The highest BCUT2D eigenvalue weighted by Gasteiger charge is 2.23. The number of nitrogens with zero attached hydrogens (tertiary/aromatic N) is 2. The summed E-state index contributed by atoms with van der Waals surface area (Å²) in [5.41, 5.74) is 1.75. The Morgan fingerprint density at radius 2 is 1.55 bits per heavy atom. The summed E-state index contributed by atoms with van der Waals surface area (Å²) in [5.74, 6) is -0.757. The molecule has 0 aliphatic rings. The van der Waals surface area contributed by atoms with E-state index >= 15 is 0 Å². The molecule has 2 aromatic rings. The first-order chi connectivity index (χ1) is 13.5. The molecule has 156 valence electrons. The van der Waals surface area contributed by atoms with Gasteiger partial charge in [-0.3, -0.25) is 9.59 Å². The van der Waals surface area contributed by atoms with E-state index in [2.05, 4.69) is 10.6 Å². The van der Waals surface area contributed by atoms with Crippen LogP contribution in [0.4, 0.5) is 17.1 Å². The Morgan fingerprint density at radius 3 is 2.07 bits per heavy atom. The van der Waals surface area contributed by atoms with Gasteiger partial charge in [0, 0.05) is 39.4 Å². The number of halogens is 1. The fourth-order valence-corrected chi connectivity index (χ4v) is 4.01. The average molecular weight is 439 g/mol. The number of likely N-dealkylation sites (N-methyl/N-ethyl adjacent to an activating group) is 1. The van der Waals surface area contributed by atoms with Crippen LogP contribution < -0.4 is 15.5 Å². The van der Waals surface area contributed by atoms with E-state index in [-0.39, 0.29) is 17.3 Å². The number of nitrogens with one attached hydrogen (secondary N) is 2. The summed E-state index contributed by atoms with van der Waals surface area (Å²) in [6.45, 7) is 0.987. The van der Waals surface area contributed by atoms with Crippen molar-refractivity contribution in [3.63, 3.8) is 0 Å². The summed E-state index contributed by atoms with van der Waals surface area (Å²) >= 11 is 6.18. The summed E-state index contributed by atoms with van der Waals surface area (Å²) in [5, 5.41) is 5.67. The zero-order chi connectivity index (χ0) is 21.8. The molecule has 2 aromatic carbocycles. The Bertz CT molecular complexity index is 1010. The number of carbonyl (C=O) groups excluding carboxylic acids is 2. The fraction of sp³-hybridized carbons (Fsp3) is 0.263. The van der Waals surface area contributed by atoms with E-state index in [0.717, 1.165) is 9.99 Å². The van der Waals surface area contributed by atoms with Gasteiger partial charge in [0.1, 0.15) is 0 Å². The average Bonchev–Trinajstić information content (AvgIpc) is 2.61. The standard InChI is InChI=1S/C19H23ClN4O4S/c1-13(25)21-14-5-8-16(9-6-14)29(27,28)24(4)12-19(26)22-15-7-10-18(23(2)3)17(20)11-15/h5-11H,12H2,1-4H3,(H,21,25)(H,22,26). The van der Waals surface area contributed by atoms with Crippen molar-refractivity contribution in [2.24, 2.45) is 0 Å². The van der Waals surface area contributed by atoms with Gasteiger partial charge in [-0.25, -0.2) is 8.42 Å². The lowest BCUT2D eigenvalue weighted by Gasteiger charge is -2.18. The molecule has 0 saturated heterocycles. The molecule has 2 N–H and O–H groups in total. The third kappa shape index (κ3) is 5.93. The molecule has 0 aliphatic heterocycles. The van der Waals surface area contributed by atoms with E-state index in [1.54, 1.807) is 18.2 Å². The first-order valence-corrected chi connectivity index (χ1v) is 10.4. The lowest BCUT2D eigenvalue weighted by Crippen LogP contribution is -2.35. The van der Waals surface area contributed by atoms with E-state index in [0.29, 0.717) is 16.4 Å². The van der Waals surface area contributed by atoms with Crippen molar-refractivity contribution < 1.29 is 18.0 Å². The van der Waals surface area contributed by atoms with Crippen molar-refractivity contribution in [3.05, 3.63) is 47.5 Å². The molecule has 2 amide bonds. The summed E-state index contributed by atoms with van der Waals surface area (Å²) in [6.07, 6.45) is 0. The normalized spacial score (nSPS) is 11.2. The van der Waals surface area contributed by atoms with Crippen LogP contribution in [0, 0.1) is 0 Å². The second kappa shape index (κ2) is 9.25. The Hall–Kier alpha value is -2.62. The molecule has 0 saturated carbocycles. The zero-order valence-electron chi connectivity index (χ0n) is 16.6. The minimum atomic E-state index is -3.87. The maximum absolute atomic E-state index is 12.7. The maximum Gasteiger partial charge on any atom is 0.243 e. The van der Waals surface area contributed by atoms with Crippen LogP contribution in [-0.4, -0.2) is 52.2 Å². The third-order valence-electron chi connectivity index (χ3n) is 3.96. The number of carbonyl (C=O) groups is 2. The number of sulfonamides is 1. The molecule has 10 heteroatoms. The predicted molar refractivity (Wildman–Crippen MR) is 115 cm³/mol. The number of amides is 2. The fourth-order valence-electron chi connectivity index (χ4n) is 2.53. The molecular formula is C19H23ClN4O4S. The molecule has 0 spiro atoms. The van der Waals surface area contributed by atoms with Crippen LogP contribution in [0.1, 0.15) is 6.92 Å². The number of hydrogen-bond acceptors (Lipinski definition) is 5. The second-order valence-corrected chi connectivity index (χ2v) is 9.03. The van der Waals surface area contributed by atoms with Crippen molar-refractivity contribution in [2.75, 3.05) is 43.2 Å². The molecule has 0 radical (unpaired) electrons. The Morgan fingerprint density at radius 1 is 0.966 bits per heavy atom. The first-order valence-electron chi connectivity index (χ1n) is 8.61. The second-order valence-electron chi connectivity index (χ2n) is 6.58. The molecule has 2 rings (SSSR count). The molecular weight excluding hydrogens is 416 g/mol. The van der Waals surface area contributed by atoms with E-state index in [9.17, 15) is 18.0 Å². The van der Waals surface area contributed by atoms with Gasteiger partial charge in [0.15, 0.2) is 0 Å². The molecule has 0 heterocycles. The van der Waals surface area contributed by atoms with Crippen LogP contribution >= 0.6 is 11.6 Å². The predicted octanol–water partition coefficient (Wildman–Crippen LogP) is 2.62. The molecule has 0 fully saturated rings. The van der Waals surface area contributed by atoms with Crippen molar-refractivity contribution >= 4 is 50.5 Å². The van der Waals surface area contributed by atoms with Gasteiger partial charge in [-0.2, -0.15) is 4.31 Å². The number of hydrogen-bond donors (Lipinski definition) is 2. The zero-order valence-corrected chi connectivity index (χ0v) is 18.1. The molecule has 8 nitrogen and oxygen atoms in total. The summed E-state index contributed by atoms with van der Waals surface area (Å²) < 4.78 is 26.3. The van der Waals surface area contributed by atoms with E-state index in [1.807, 2.05) is 19.0 Å². The van der Waals surface area contributed by atoms with Crippen LogP contribution in [0.15, 0.2) is 47.4 Å². The van der Waals surface area contributed by atoms with Gasteiger partial charge in [-0.15, -0.1) is 0 Å². The van der Waals surface area contributed by atoms with Crippen molar-refractivity contribution in [1.29, 1.82) is 0 Å². The largest absolute Gasteiger partial charge is 0.376 e. The van der Waals surface area contributed by atoms with Gasteiger partial charge in [-0.1, -0.05) is 11.6 Å². The Labute approximate surface area is 175 Å². The summed E-state index contributed by atoms with van der Waals surface area (Å²) in [7, 11) is 1.15. The highest BCUT2D eigenvalue weighted by atomic mass is 35.5. The topological polar surface area (TPSA) is 98.8 Å². The van der Waals surface area contributed by atoms with E-state index < -0.39 is 15.9 Å². The Balaban J connectivity index is 2.06. The lowest BCUT2D eigenvalue weighted by molar-refractivity contribution is -0.116. The van der Waals surface area contributed by atoms with Crippen molar-refractivity contribution in [1.82, 2.24) is 4.31 Å². The van der Waals surface area contributed by atoms with Gasteiger partial charge in [0.25, 0.3) is 0 Å². The van der Waals surface area contributed by atoms with Crippen molar-refractivity contribution in [3.8, 4) is 0 Å². The first kappa shape index (κ1) is 22.7. The smallest absolute Gasteiger partial charge is 0.243 e. The Kier molecular flexibility index (Phi) is 7.23. The number of benzene rings is 2. The molecule has 0 atom stereocenters. The van der Waals surface area contributed by atoms with Gasteiger partial charge in [0.05, 0.1) is 22.2 Å². The molecule has 29 heavy (non-hydrogen) atoms. The molecule has 0 aliphatic carbocycles. The molecule has 0 aromatic heterocycles. The SMILES string of the molecule is CC(=O)Nc1ccc(S(=O)(=O)N(C)CC(=O)Nc2ccc(N(C)C)c(Cl)c2)cc1. The lowest BCUT2D eigenvalue weighted by atomic mass is 10.2. The van der Waals surface area contributed by atoms with Crippen LogP contribution in [0.3, 0.4) is 0 Å². The van der Waals surface area contributed by atoms with Crippen molar-refractivity contribution in [2.45, 2.75) is 11.8 Å². The van der Waals surface area contributed by atoms with E-state index in [1.165, 1.54) is 38.2 Å². The maximum atomic E-state index is 12.7. The molecule has 0 bridgehead atoms. The highest BCUT2D eigenvalue weighted by Crippen LogP contribution is 2.27. The minimum Gasteiger partial charge on any atom is -0.376 e. The van der Waals surface area contributed by atoms with Crippen LogP contribution in [0.5, 0.6) is 0 Å². The van der Waals surface area contributed by atoms with Crippen LogP contribution in [0.25, 0.3) is 0 Å². The molecule has 0 unspecified atom stereocenters. The summed E-state index contributed by atoms with van der Waals surface area (Å²) in [6, 6.07) is 10.8. The van der Waals surface area contributed by atoms with Crippen LogP contribution in [-0.2, 0) is 19.6 Å². The number of anilines is 3. The van der Waals surface area contributed by atoms with E-state index in [4.69, 9.17) is 11.6 Å². The monoisotopic (exact) mass is 438 g/mol. The third-order valence-corrected chi connectivity index (χ3v) is 6.08. The minimum absolute atomic E-state index is 0.0142. The van der Waals surface area contributed by atoms with Gasteiger partial charge in [0.2, 0.25) is 21.8 Å². The van der Waals surface area contributed by atoms with Gasteiger partial charge in [-0.05, 0) is 42.5 Å². The van der Waals surface area contributed by atoms with Gasteiger partial charge < -0.3 is 15.5 Å². The van der Waals surface area contributed by atoms with Gasteiger partial charge >= 0.3 is 0 Å². The summed E-state index contributed by atoms with van der Waals surface area (Å²) in [4.78, 5) is 25.2.